The number of hydrogen-bond donors (Lipinski definition) is 1. The minimum atomic E-state index is 0.271. The lowest BCUT2D eigenvalue weighted by molar-refractivity contribution is 0.301. The molecule has 1 aliphatic rings. The lowest BCUT2D eigenvalue weighted by Gasteiger charge is -2.14. The van der Waals surface area contributed by atoms with Gasteiger partial charge in [-0.2, -0.15) is 0 Å². The Balaban J connectivity index is 2.24. The lowest BCUT2D eigenvalue weighted by atomic mass is 10.2. The summed E-state index contributed by atoms with van der Waals surface area (Å²) in [5.41, 5.74) is 0. The smallest absolute Gasteiger partial charge is 0.0465 e. The fraction of sp³-hybridized carbons (Fsp3) is 0.778. The number of rotatable bonds is 3. The first kappa shape index (κ1) is 8.75. The van der Waals surface area contributed by atoms with Crippen molar-refractivity contribution in [3.8, 4) is 0 Å². The van der Waals surface area contributed by atoms with Gasteiger partial charge in [-0.15, -0.1) is 0 Å². The van der Waals surface area contributed by atoms with Gasteiger partial charge in [-0.25, -0.2) is 0 Å². The summed E-state index contributed by atoms with van der Waals surface area (Å²) >= 11 is 0. The molecule has 0 amide bonds. The fourth-order valence-corrected chi connectivity index (χ4v) is 1.51. The van der Waals surface area contributed by atoms with Gasteiger partial charge in [-0.1, -0.05) is 12.2 Å². The van der Waals surface area contributed by atoms with Crippen LogP contribution in [0, 0.1) is 0 Å². The summed E-state index contributed by atoms with van der Waals surface area (Å²) in [5.74, 6) is 0. The molecule has 1 N–H and O–H groups in total. The van der Waals surface area contributed by atoms with Gasteiger partial charge in [0.05, 0.1) is 0 Å². The molecule has 0 aromatic heterocycles. The Morgan fingerprint density at radius 3 is 3.00 bits per heavy atom. The molecule has 64 valence electrons. The first-order valence-corrected chi connectivity index (χ1v) is 4.32. The zero-order chi connectivity index (χ0) is 8.10. The van der Waals surface area contributed by atoms with Gasteiger partial charge in [0.1, 0.15) is 0 Å². The highest BCUT2D eigenvalue weighted by atomic mass is 16.2. The summed E-state index contributed by atoms with van der Waals surface area (Å²) in [7, 11) is 2.15. The third kappa shape index (κ3) is 2.64. The van der Waals surface area contributed by atoms with Gasteiger partial charge < -0.3 is 5.11 Å². The third-order valence-corrected chi connectivity index (χ3v) is 2.23. The topological polar surface area (TPSA) is 23.5 Å². The number of aliphatic hydroxyl groups is 1. The van der Waals surface area contributed by atoms with Crippen molar-refractivity contribution in [3.05, 3.63) is 12.2 Å². The molecule has 2 heteroatoms. The summed E-state index contributed by atoms with van der Waals surface area (Å²) in [6.07, 6.45) is 7.67. The first-order valence-electron chi connectivity index (χ1n) is 4.32. The molecule has 1 heterocycles. The van der Waals surface area contributed by atoms with Gasteiger partial charge in [0.2, 0.25) is 0 Å². The Hall–Kier alpha value is -0.340. The molecule has 0 saturated carbocycles. The van der Waals surface area contributed by atoms with Crippen molar-refractivity contribution >= 4 is 0 Å². The maximum atomic E-state index is 8.54. The first-order chi connectivity index (χ1) is 5.34. The Morgan fingerprint density at radius 2 is 2.45 bits per heavy atom. The van der Waals surface area contributed by atoms with Crippen molar-refractivity contribution in [1.29, 1.82) is 0 Å². The van der Waals surface area contributed by atoms with Crippen LogP contribution in [0.25, 0.3) is 0 Å². The number of nitrogens with zero attached hydrogens (tertiary/aromatic N) is 1. The van der Waals surface area contributed by atoms with E-state index in [1.807, 2.05) is 0 Å². The SMILES string of the molecule is CN1CCCC1/C=C\CCO. The van der Waals surface area contributed by atoms with Gasteiger partial charge >= 0.3 is 0 Å². The van der Waals surface area contributed by atoms with Crippen LogP contribution in [0.2, 0.25) is 0 Å². The third-order valence-electron chi connectivity index (χ3n) is 2.23. The van der Waals surface area contributed by atoms with Gasteiger partial charge in [0.15, 0.2) is 0 Å². The van der Waals surface area contributed by atoms with Crippen molar-refractivity contribution in [2.45, 2.75) is 25.3 Å². The highest BCUT2D eigenvalue weighted by Gasteiger charge is 2.16. The van der Waals surface area contributed by atoms with Crippen LogP contribution in [-0.4, -0.2) is 36.2 Å². The van der Waals surface area contributed by atoms with E-state index >= 15 is 0 Å². The quantitative estimate of drug-likeness (QED) is 0.615. The second-order valence-corrected chi connectivity index (χ2v) is 3.13. The summed E-state index contributed by atoms with van der Waals surface area (Å²) < 4.78 is 0. The van der Waals surface area contributed by atoms with Crippen LogP contribution in [0.3, 0.4) is 0 Å². The molecule has 1 atom stereocenters. The molecule has 0 aromatic rings. The largest absolute Gasteiger partial charge is 0.396 e. The Morgan fingerprint density at radius 1 is 1.64 bits per heavy atom. The van der Waals surface area contributed by atoms with Crippen molar-refractivity contribution in [1.82, 2.24) is 4.90 Å². The zero-order valence-corrected chi connectivity index (χ0v) is 7.16. The molecule has 11 heavy (non-hydrogen) atoms. The lowest BCUT2D eigenvalue weighted by Crippen LogP contribution is -2.22. The van der Waals surface area contributed by atoms with Crippen LogP contribution >= 0.6 is 0 Å². The highest BCUT2D eigenvalue weighted by molar-refractivity contribution is 4.96. The standard InChI is InChI=1S/C9H17NO/c1-10-7-4-6-9(10)5-2-3-8-11/h2,5,9,11H,3-4,6-8H2,1H3/b5-2-. The maximum absolute atomic E-state index is 8.54. The van der Waals surface area contributed by atoms with Crippen LogP contribution in [0.4, 0.5) is 0 Å². The molecule has 0 aromatic carbocycles. The summed E-state index contributed by atoms with van der Waals surface area (Å²) in [6, 6.07) is 0.626. The van der Waals surface area contributed by atoms with Crippen LogP contribution in [0.15, 0.2) is 12.2 Å². The van der Waals surface area contributed by atoms with E-state index in [1.165, 1.54) is 19.4 Å². The van der Waals surface area contributed by atoms with Gasteiger partial charge in [0.25, 0.3) is 0 Å². The number of aliphatic hydroxyl groups excluding tert-OH is 1. The minimum Gasteiger partial charge on any atom is -0.396 e. The fourth-order valence-electron chi connectivity index (χ4n) is 1.51. The predicted molar refractivity (Wildman–Crippen MR) is 46.5 cm³/mol. The normalized spacial score (nSPS) is 26.9. The Bertz CT molecular complexity index is 134. The molecule has 0 bridgehead atoms. The van der Waals surface area contributed by atoms with E-state index in [0.29, 0.717) is 6.04 Å². The highest BCUT2D eigenvalue weighted by Crippen LogP contribution is 2.15. The van der Waals surface area contributed by atoms with Crippen LogP contribution in [0.1, 0.15) is 19.3 Å². The van der Waals surface area contributed by atoms with Crippen LogP contribution in [-0.2, 0) is 0 Å². The summed E-state index contributed by atoms with van der Waals surface area (Å²) in [4.78, 5) is 2.36. The number of hydrogen-bond acceptors (Lipinski definition) is 2. The minimum absolute atomic E-state index is 0.271. The van der Waals surface area contributed by atoms with Gasteiger partial charge in [-0.3, -0.25) is 4.90 Å². The Labute approximate surface area is 68.5 Å². The van der Waals surface area contributed by atoms with Crippen LogP contribution < -0.4 is 0 Å². The molecule has 0 aliphatic carbocycles. The second kappa shape index (κ2) is 4.52. The van der Waals surface area contributed by atoms with Crippen LogP contribution in [0.5, 0.6) is 0 Å². The average Bonchev–Trinajstić information content (AvgIpc) is 2.37. The average molecular weight is 155 g/mol. The predicted octanol–water partition coefficient (Wildman–Crippen LogP) is 1.02. The molecule has 1 saturated heterocycles. The van der Waals surface area contributed by atoms with Crippen molar-refractivity contribution < 1.29 is 5.11 Å². The van der Waals surface area contributed by atoms with Gasteiger partial charge in [-0.05, 0) is 32.9 Å². The van der Waals surface area contributed by atoms with E-state index in [1.54, 1.807) is 0 Å². The maximum Gasteiger partial charge on any atom is 0.0465 e. The molecule has 0 spiro atoms. The van der Waals surface area contributed by atoms with Crippen molar-refractivity contribution in [2.75, 3.05) is 20.2 Å². The second-order valence-electron chi connectivity index (χ2n) is 3.13. The number of likely N-dealkylation sites (N-methyl/N-ethyl adjacent to an activating group) is 1. The number of likely N-dealkylation sites (tertiary alicyclic amines) is 1. The molecule has 1 unspecified atom stereocenters. The monoisotopic (exact) mass is 155 g/mol. The van der Waals surface area contributed by atoms with Crippen molar-refractivity contribution in [2.24, 2.45) is 0 Å². The van der Waals surface area contributed by atoms with E-state index in [4.69, 9.17) is 5.11 Å². The van der Waals surface area contributed by atoms with E-state index in [0.717, 1.165) is 6.42 Å². The molecule has 2 nitrogen and oxygen atoms in total. The van der Waals surface area contributed by atoms with E-state index in [2.05, 4.69) is 24.1 Å². The van der Waals surface area contributed by atoms with E-state index in [9.17, 15) is 0 Å². The van der Waals surface area contributed by atoms with Gasteiger partial charge in [0, 0.05) is 12.6 Å². The molecule has 0 radical (unpaired) electrons. The van der Waals surface area contributed by atoms with E-state index < -0.39 is 0 Å². The molecule has 1 rings (SSSR count). The summed E-state index contributed by atoms with van der Waals surface area (Å²) in [6.45, 7) is 1.49. The summed E-state index contributed by atoms with van der Waals surface area (Å²) in [5, 5.41) is 8.54. The molecule has 1 fully saturated rings. The van der Waals surface area contributed by atoms with Crippen molar-refractivity contribution in [3.63, 3.8) is 0 Å². The van der Waals surface area contributed by atoms with E-state index in [-0.39, 0.29) is 6.61 Å². The molecular formula is C9H17NO. The molecular weight excluding hydrogens is 138 g/mol. The Kier molecular flexibility index (Phi) is 3.60. The molecule has 1 aliphatic heterocycles. The zero-order valence-electron chi connectivity index (χ0n) is 7.16.